The maximum atomic E-state index is 13.4. The van der Waals surface area contributed by atoms with E-state index in [-0.39, 0.29) is 29.6 Å². The van der Waals surface area contributed by atoms with Gasteiger partial charge in [0, 0.05) is 37.4 Å². The number of nitrogens with zero attached hydrogens (tertiary/aromatic N) is 4. The van der Waals surface area contributed by atoms with Gasteiger partial charge in [0.25, 0.3) is 5.91 Å². The number of hydrogen-bond donors (Lipinski definition) is 1. The summed E-state index contributed by atoms with van der Waals surface area (Å²) in [7, 11) is 0. The third kappa shape index (κ3) is 4.38. The Hall–Kier alpha value is -3.42. The van der Waals surface area contributed by atoms with Crippen LogP contribution in [0.15, 0.2) is 55.0 Å². The molecule has 3 heterocycles. The summed E-state index contributed by atoms with van der Waals surface area (Å²) in [5, 5.41) is 7.50. The summed E-state index contributed by atoms with van der Waals surface area (Å²) < 4.78 is 16.8. The number of carbonyl (C=O) groups excluding carboxylic acids is 2. The van der Waals surface area contributed by atoms with Crippen LogP contribution in [0.1, 0.15) is 37.0 Å². The average Bonchev–Trinajstić information content (AvgIpc) is 3.44. The van der Waals surface area contributed by atoms with Crippen LogP contribution in [0.4, 0.5) is 4.39 Å². The van der Waals surface area contributed by atoms with Crippen molar-refractivity contribution in [1.82, 2.24) is 24.6 Å². The summed E-state index contributed by atoms with van der Waals surface area (Å²) >= 11 is 0. The minimum atomic E-state index is -0.335. The van der Waals surface area contributed by atoms with E-state index in [0.29, 0.717) is 30.2 Å². The van der Waals surface area contributed by atoms with E-state index in [1.165, 1.54) is 18.3 Å². The van der Waals surface area contributed by atoms with Gasteiger partial charge in [-0.2, -0.15) is 5.10 Å². The summed E-state index contributed by atoms with van der Waals surface area (Å²) in [5.41, 5.74) is 1.09. The van der Waals surface area contributed by atoms with Crippen LogP contribution in [-0.2, 0) is 4.79 Å². The summed E-state index contributed by atoms with van der Waals surface area (Å²) in [5.74, 6) is 0.165. The van der Waals surface area contributed by atoms with Gasteiger partial charge in [0.2, 0.25) is 5.91 Å². The third-order valence-corrected chi connectivity index (χ3v) is 5.54. The smallest absolute Gasteiger partial charge is 0.256 e. The zero-order valence-electron chi connectivity index (χ0n) is 17.7. The Morgan fingerprint density at radius 2 is 1.74 bits per heavy atom. The Kier molecular flexibility index (Phi) is 5.88. The largest absolute Gasteiger partial charge is 0.349 e. The van der Waals surface area contributed by atoms with E-state index in [1.807, 2.05) is 47.8 Å². The molecule has 2 aromatic heterocycles. The minimum absolute atomic E-state index is 0.00426. The van der Waals surface area contributed by atoms with E-state index in [0.717, 1.165) is 12.8 Å². The number of carbonyl (C=O) groups is 2. The normalized spacial score (nSPS) is 14.8. The lowest BCUT2D eigenvalue weighted by molar-refractivity contribution is -0.135. The van der Waals surface area contributed by atoms with E-state index in [1.54, 1.807) is 16.8 Å². The second-order valence-electron chi connectivity index (χ2n) is 8.09. The lowest BCUT2D eigenvalue weighted by Crippen LogP contribution is -2.47. The molecule has 0 spiro atoms. The maximum absolute atomic E-state index is 13.4. The molecule has 0 radical (unpaired) electrons. The Balaban J connectivity index is 1.54. The first-order chi connectivity index (χ1) is 14.9. The Bertz CT molecular complexity index is 1050. The molecule has 1 aliphatic rings. The average molecular weight is 423 g/mol. The van der Waals surface area contributed by atoms with Gasteiger partial charge in [-0.05, 0) is 49.2 Å². The number of likely N-dealkylation sites (tertiary alicyclic amines) is 1. The van der Waals surface area contributed by atoms with E-state index in [2.05, 4.69) is 10.4 Å². The molecule has 4 rings (SSSR count). The quantitative estimate of drug-likeness (QED) is 0.685. The van der Waals surface area contributed by atoms with Gasteiger partial charge >= 0.3 is 0 Å². The lowest BCUT2D eigenvalue weighted by atomic mass is 10.0. The summed E-state index contributed by atoms with van der Waals surface area (Å²) in [6.45, 7) is 5.08. The predicted molar refractivity (Wildman–Crippen MR) is 115 cm³/mol. The number of rotatable bonds is 5. The Labute approximate surface area is 180 Å². The van der Waals surface area contributed by atoms with Crippen molar-refractivity contribution in [2.24, 2.45) is 5.92 Å². The van der Waals surface area contributed by atoms with Gasteiger partial charge in [-0.25, -0.2) is 9.07 Å². The van der Waals surface area contributed by atoms with Crippen LogP contribution in [0, 0.1) is 11.7 Å². The zero-order chi connectivity index (χ0) is 22.0. The molecule has 0 saturated carbocycles. The second-order valence-corrected chi connectivity index (χ2v) is 8.09. The standard InChI is InChI=1S/C23H26FN5O2/c1-16(2)23(31)28-13-9-18(10-14-28)26-21(30)20-15-25-29(19-7-5-17(24)6-8-19)22(20)27-11-3-4-12-27/h3-8,11-12,15-16,18H,9-10,13-14H2,1-2H3,(H,26,30). The molecular formula is C23H26FN5O2. The number of piperidine rings is 1. The van der Waals surface area contributed by atoms with E-state index in [4.69, 9.17) is 0 Å². The minimum Gasteiger partial charge on any atom is -0.349 e. The Morgan fingerprint density at radius 1 is 1.10 bits per heavy atom. The topological polar surface area (TPSA) is 72.2 Å². The second kappa shape index (κ2) is 8.75. The SMILES string of the molecule is CC(C)C(=O)N1CCC(NC(=O)c2cnn(-c3ccc(F)cc3)c2-n2cccc2)CC1. The predicted octanol–water partition coefficient (Wildman–Crippen LogP) is 3.18. The van der Waals surface area contributed by atoms with Crippen LogP contribution in [0.3, 0.4) is 0 Å². The van der Waals surface area contributed by atoms with Gasteiger partial charge in [-0.3, -0.25) is 9.59 Å². The molecule has 3 aromatic rings. The molecule has 31 heavy (non-hydrogen) atoms. The molecule has 1 N–H and O–H groups in total. The van der Waals surface area contributed by atoms with E-state index in [9.17, 15) is 14.0 Å². The van der Waals surface area contributed by atoms with Crippen molar-refractivity contribution in [3.05, 3.63) is 66.4 Å². The molecule has 1 saturated heterocycles. The van der Waals surface area contributed by atoms with Crippen molar-refractivity contribution in [2.45, 2.75) is 32.7 Å². The lowest BCUT2D eigenvalue weighted by Gasteiger charge is -2.33. The fourth-order valence-electron chi connectivity index (χ4n) is 3.87. The summed E-state index contributed by atoms with van der Waals surface area (Å²) in [6, 6.07) is 9.70. The summed E-state index contributed by atoms with van der Waals surface area (Å²) in [4.78, 5) is 27.2. The third-order valence-electron chi connectivity index (χ3n) is 5.54. The number of amides is 2. The molecule has 7 nitrogen and oxygen atoms in total. The molecule has 2 amide bonds. The molecule has 0 aliphatic carbocycles. The van der Waals surface area contributed by atoms with E-state index >= 15 is 0 Å². The van der Waals surface area contributed by atoms with Crippen molar-refractivity contribution >= 4 is 11.8 Å². The van der Waals surface area contributed by atoms with Crippen LogP contribution < -0.4 is 5.32 Å². The van der Waals surface area contributed by atoms with Gasteiger partial charge < -0.3 is 14.8 Å². The molecule has 162 valence electrons. The highest BCUT2D eigenvalue weighted by atomic mass is 19.1. The van der Waals surface area contributed by atoms with Gasteiger partial charge in [0.1, 0.15) is 11.4 Å². The fourth-order valence-corrected chi connectivity index (χ4v) is 3.87. The molecule has 8 heteroatoms. The van der Waals surface area contributed by atoms with Crippen LogP contribution in [0.25, 0.3) is 11.5 Å². The fraction of sp³-hybridized carbons (Fsp3) is 0.348. The number of benzene rings is 1. The van der Waals surface area contributed by atoms with Crippen LogP contribution in [-0.4, -0.2) is 50.2 Å². The molecule has 0 unspecified atom stereocenters. The number of nitrogens with one attached hydrogen (secondary N) is 1. The highest BCUT2D eigenvalue weighted by Crippen LogP contribution is 2.21. The molecule has 0 bridgehead atoms. The highest BCUT2D eigenvalue weighted by Gasteiger charge is 2.27. The van der Waals surface area contributed by atoms with Crippen molar-refractivity contribution in [2.75, 3.05) is 13.1 Å². The Morgan fingerprint density at radius 3 is 2.35 bits per heavy atom. The monoisotopic (exact) mass is 423 g/mol. The molecule has 1 aliphatic heterocycles. The highest BCUT2D eigenvalue weighted by molar-refractivity contribution is 5.97. The first kappa shape index (κ1) is 20.8. The van der Waals surface area contributed by atoms with Crippen molar-refractivity contribution in [3.8, 4) is 11.5 Å². The van der Waals surface area contributed by atoms with Gasteiger partial charge in [-0.15, -0.1) is 0 Å². The first-order valence-corrected chi connectivity index (χ1v) is 10.5. The molecule has 1 aromatic carbocycles. The zero-order valence-corrected chi connectivity index (χ0v) is 17.7. The number of aromatic nitrogens is 3. The van der Waals surface area contributed by atoms with Crippen LogP contribution >= 0.6 is 0 Å². The van der Waals surface area contributed by atoms with Gasteiger partial charge in [-0.1, -0.05) is 13.8 Å². The van der Waals surface area contributed by atoms with Crippen molar-refractivity contribution in [3.63, 3.8) is 0 Å². The molecule has 1 fully saturated rings. The number of hydrogen-bond acceptors (Lipinski definition) is 3. The molecular weight excluding hydrogens is 397 g/mol. The van der Waals surface area contributed by atoms with Crippen molar-refractivity contribution in [1.29, 1.82) is 0 Å². The van der Waals surface area contributed by atoms with E-state index < -0.39 is 0 Å². The van der Waals surface area contributed by atoms with Crippen molar-refractivity contribution < 1.29 is 14.0 Å². The van der Waals surface area contributed by atoms with Crippen LogP contribution in [0.5, 0.6) is 0 Å². The first-order valence-electron chi connectivity index (χ1n) is 10.5. The van der Waals surface area contributed by atoms with Gasteiger partial charge in [0.05, 0.1) is 11.9 Å². The number of halogens is 1. The maximum Gasteiger partial charge on any atom is 0.256 e. The van der Waals surface area contributed by atoms with Crippen LogP contribution in [0.2, 0.25) is 0 Å². The molecule has 0 atom stereocenters. The van der Waals surface area contributed by atoms with Gasteiger partial charge in [0.15, 0.2) is 5.82 Å². The summed E-state index contributed by atoms with van der Waals surface area (Å²) in [6.07, 6.45) is 6.64.